The Balaban J connectivity index is 1.61. The van der Waals surface area contributed by atoms with Crippen LogP contribution in [0.3, 0.4) is 0 Å². The third kappa shape index (κ3) is 5.03. The lowest BCUT2D eigenvalue weighted by atomic mass is 9.81. The van der Waals surface area contributed by atoms with Gasteiger partial charge < -0.3 is 10.1 Å². The lowest BCUT2D eigenvalue weighted by Gasteiger charge is -2.19. The molecule has 24 heavy (non-hydrogen) atoms. The average Bonchev–Trinajstić information content (AvgIpc) is 2.84. The van der Waals surface area contributed by atoms with Gasteiger partial charge in [0.1, 0.15) is 0 Å². The number of imide groups is 1. The van der Waals surface area contributed by atoms with Crippen LogP contribution in [0.2, 0.25) is 0 Å². The van der Waals surface area contributed by atoms with Crippen LogP contribution in [0.1, 0.15) is 58.3 Å². The minimum absolute atomic E-state index is 0.0678. The Hall–Kier alpha value is -1.43. The summed E-state index contributed by atoms with van der Waals surface area (Å²) in [7, 11) is 0. The van der Waals surface area contributed by atoms with Crippen molar-refractivity contribution < 1.29 is 19.1 Å². The zero-order valence-corrected chi connectivity index (χ0v) is 14.7. The van der Waals surface area contributed by atoms with Gasteiger partial charge in [-0.05, 0) is 25.7 Å². The fourth-order valence-electron chi connectivity index (χ4n) is 3.50. The van der Waals surface area contributed by atoms with Crippen molar-refractivity contribution >= 4 is 17.7 Å². The van der Waals surface area contributed by atoms with Crippen molar-refractivity contribution in [3.8, 4) is 0 Å². The summed E-state index contributed by atoms with van der Waals surface area (Å²) in [4.78, 5) is 37.8. The van der Waals surface area contributed by atoms with Crippen molar-refractivity contribution in [1.82, 2.24) is 10.2 Å². The second-order valence-corrected chi connectivity index (χ2v) is 6.74. The number of nitrogens with zero attached hydrogens (tertiary/aromatic N) is 1. The third-order valence-corrected chi connectivity index (χ3v) is 4.92. The molecule has 0 bridgehead atoms. The Kier molecular flexibility index (Phi) is 7.69. The van der Waals surface area contributed by atoms with Gasteiger partial charge in [-0.15, -0.1) is 0 Å². The van der Waals surface area contributed by atoms with Crippen LogP contribution in [0.25, 0.3) is 0 Å². The summed E-state index contributed by atoms with van der Waals surface area (Å²) < 4.78 is 5.43. The fraction of sp³-hybridized carbons (Fsp3) is 0.833. The first-order valence-corrected chi connectivity index (χ1v) is 9.34. The van der Waals surface area contributed by atoms with Crippen molar-refractivity contribution in [2.24, 2.45) is 11.8 Å². The predicted molar refractivity (Wildman–Crippen MR) is 90.1 cm³/mol. The lowest BCUT2D eigenvalue weighted by Crippen LogP contribution is -2.35. The molecule has 6 nitrogen and oxygen atoms in total. The number of unbranched alkanes of at least 4 members (excludes halogenated alkanes) is 1. The van der Waals surface area contributed by atoms with Crippen LogP contribution in [0.4, 0.5) is 0 Å². The Morgan fingerprint density at radius 2 is 1.75 bits per heavy atom. The first-order valence-electron chi connectivity index (χ1n) is 9.34. The first-order chi connectivity index (χ1) is 11.6. The SMILES string of the molecule is CCCCOCCCNC(=O)CCN1C(=O)C2CCCCC2C1=O. The summed E-state index contributed by atoms with van der Waals surface area (Å²) in [6, 6.07) is 0. The highest BCUT2D eigenvalue weighted by molar-refractivity contribution is 6.05. The van der Waals surface area contributed by atoms with Crippen molar-refractivity contribution in [2.75, 3.05) is 26.3 Å². The number of hydrogen-bond acceptors (Lipinski definition) is 4. The van der Waals surface area contributed by atoms with E-state index in [0.29, 0.717) is 13.2 Å². The fourth-order valence-corrected chi connectivity index (χ4v) is 3.50. The van der Waals surface area contributed by atoms with Gasteiger partial charge in [0.2, 0.25) is 17.7 Å². The third-order valence-electron chi connectivity index (χ3n) is 4.92. The molecule has 0 aromatic heterocycles. The summed E-state index contributed by atoms with van der Waals surface area (Å²) >= 11 is 0. The van der Waals surface area contributed by atoms with Crippen molar-refractivity contribution in [2.45, 2.75) is 58.3 Å². The van der Waals surface area contributed by atoms with Gasteiger partial charge >= 0.3 is 0 Å². The van der Waals surface area contributed by atoms with Gasteiger partial charge in [-0.25, -0.2) is 0 Å². The molecular formula is C18H30N2O4. The molecule has 1 saturated carbocycles. The normalized spacial score (nSPS) is 23.5. The van der Waals surface area contributed by atoms with Crippen molar-refractivity contribution in [3.63, 3.8) is 0 Å². The number of carbonyl (C=O) groups is 3. The lowest BCUT2D eigenvalue weighted by molar-refractivity contribution is -0.140. The largest absolute Gasteiger partial charge is 0.381 e. The Morgan fingerprint density at radius 3 is 2.38 bits per heavy atom. The maximum Gasteiger partial charge on any atom is 0.233 e. The van der Waals surface area contributed by atoms with E-state index in [0.717, 1.165) is 51.6 Å². The summed E-state index contributed by atoms with van der Waals surface area (Å²) in [5.74, 6) is -0.508. The number of amides is 3. The van der Waals surface area contributed by atoms with E-state index in [-0.39, 0.29) is 42.5 Å². The van der Waals surface area contributed by atoms with E-state index in [2.05, 4.69) is 12.2 Å². The Labute approximate surface area is 144 Å². The summed E-state index contributed by atoms with van der Waals surface area (Å²) in [6.07, 6.45) is 6.82. The summed E-state index contributed by atoms with van der Waals surface area (Å²) in [6.45, 7) is 4.31. The van der Waals surface area contributed by atoms with E-state index in [9.17, 15) is 14.4 Å². The van der Waals surface area contributed by atoms with E-state index in [1.54, 1.807) is 0 Å². The number of carbonyl (C=O) groups excluding carboxylic acids is 3. The van der Waals surface area contributed by atoms with E-state index >= 15 is 0 Å². The van der Waals surface area contributed by atoms with Gasteiger partial charge in [0.05, 0.1) is 11.8 Å². The number of fused-ring (bicyclic) bond motifs is 1. The van der Waals surface area contributed by atoms with Gasteiger partial charge in [0, 0.05) is 32.7 Å². The molecule has 1 N–H and O–H groups in total. The molecule has 0 radical (unpaired) electrons. The van der Waals surface area contributed by atoms with Gasteiger partial charge in [-0.2, -0.15) is 0 Å². The van der Waals surface area contributed by atoms with Crippen LogP contribution in [0.15, 0.2) is 0 Å². The first kappa shape index (κ1) is 18.9. The molecule has 6 heteroatoms. The van der Waals surface area contributed by atoms with Gasteiger partial charge in [-0.3, -0.25) is 19.3 Å². The standard InChI is InChI=1S/C18H30N2O4/c1-2-3-12-24-13-6-10-19-16(21)9-11-20-17(22)14-7-4-5-8-15(14)18(20)23/h14-15H,2-13H2,1H3,(H,19,21). The molecule has 136 valence electrons. The Morgan fingerprint density at radius 1 is 1.12 bits per heavy atom. The van der Waals surface area contributed by atoms with Gasteiger partial charge in [0.25, 0.3) is 0 Å². The minimum atomic E-state index is -0.130. The summed E-state index contributed by atoms with van der Waals surface area (Å²) in [5, 5.41) is 2.82. The van der Waals surface area contributed by atoms with Crippen LogP contribution < -0.4 is 5.32 Å². The molecule has 0 aromatic carbocycles. The molecule has 1 aliphatic heterocycles. The molecule has 2 fully saturated rings. The highest BCUT2D eigenvalue weighted by Crippen LogP contribution is 2.37. The minimum Gasteiger partial charge on any atom is -0.381 e. The van der Waals surface area contributed by atoms with Crippen LogP contribution in [0.5, 0.6) is 0 Å². The zero-order valence-electron chi connectivity index (χ0n) is 14.7. The topological polar surface area (TPSA) is 75.7 Å². The molecule has 0 aromatic rings. The zero-order chi connectivity index (χ0) is 17.4. The molecule has 1 aliphatic carbocycles. The van der Waals surface area contributed by atoms with Crippen LogP contribution in [-0.2, 0) is 19.1 Å². The highest BCUT2D eigenvalue weighted by Gasteiger charge is 2.47. The quantitative estimate of drug-likeness (QED) is 0.487. The van der Waals surface area contributed by atoms with E-state index in [4.69, 9.17) is 4.74 Å². The molecule has 1 heterocycles. The summed E-state index contributed by atoms with van der Waals surface area (Å²) in [5.41, 5.74) is 0. The van der Waals surface area contributed by atoms with E-state index in [1.165, 1.54) is 4.90 Å². The molecule has 1 saturated heterocycles. The monoisotopic (exact) mass is 338 g/mol. The second-order valence-electron chi connectivity index (χ2n) is 6.74. The number of rotatable bonds is 10. The molecule has 0 spiro atoms. The van der Waals surface area contributed by atoms with E-state index < -0.39 is 0 Å². The molecule has 2 rings (SSSR count). The number of nitrogens with one attached hydrogen (secondary N) is 1. The number of ether oxygens (including phenoxy) is 1. The molecule has 3 amide bonds. The van der Waals surface area contributed by atoms with Crippen LogP contribution in [-0.4, -0.2) is 48.9 Å². The van der Waals surface area contributed by atoms with E-state index in [1.807, 2.05) is 0 Å². The van der Waals surface area contributed by atoms with Gasteiger partial charge in [-0.1, -0.05) is 26.2 Å². The van der Waals surface area contributed by atoms with Gasteiger partial charge in [0.15, 0.2) is 0 Å². The smallest absolute Gasteiger partial charge is 0.233 e. The molecule has 2 unspecified atom stereocenters. The number of likely N-dealkylation sites (tertiary alicyclic amines) is 1. The van der Waals surface area contributed by atoms with Crippen molar-refractivity contribution in [3.05, 3.63) is 0 Å². The second kappa shape index (κ2) is 9.77. The highest BCUT2D eigenvalue weighted by atomic mass is 16.5. The molecule has 2 atom stereocenters. The molecule has 2 aliphatic rings. The Bertz CT molecular complexity index is 428. The predicted octanol–water partition coefficient (Wildman–Crippen LogP) is 1.87. The molecular weight excluding hydrogens is 308 g/mol. The van der Waals surface area contributed by atoms with Crippen LogP contribution >= 0.6 is 0 Å². The maximum absolute atomic E-state index is 12.3. The van der Waals surface area contributed by atoms with Crippen LogP contribution in [0, 0.1) is 11.8 Å². The number of hydrogen-bond donors (Lipinski definition) is 1. The average molecular weight is 338 g/mol. The van der Waals surface area contributed by atoms with Crippen molar-refractivity contribution in [1.29, 1.82) is 0 Å². The maximum atomic E-state index is 12.3.